The van der Waals surface area contributed by atoms with Crippen molar-refractivity contribution in [3.63, 3.8) is 0 Å². The van der Waals surface area contributed by atoms with Gasteiger partial charge in [-0.1, -0.05) is 54.9 Å². The first-order valence-electron chi connectivity index (χ1n) is 6.40. The largest absolute Gasteiger partial charge is 0.0651 e. The summed E-state index contributed by atoms with van der Waals surface area (Å²) in [5, 5.41) is 0. The van der Waals surface area contributed by atoms with E-state index in [4.69, 9.17) is 0 Å². The second kappa shape index (κ2) is 6.48. The molecular formula is C14H30. The Morgan fingerprint density at radius 1 is 0.857 bits per heavy atom. The first-order valence-corrected chi connectivity index (χ1v) is 6.40. The molecule has 0 bridgehead atoms. The smallest absolute Gasteiger partial charge is 0.0360 e. The van der Waals surface area contributed by atoms with E-state index in [2.05, 4.69) is 48.5 Å². The van der Waals surface area contributed by atoms with Gasteiger partial charge in [0.15, 0.2) is 0 Å². The van der Waals surface area contributed by atoms with Crippen LogP contribution < -0.4 is 0 Å². The van der Waals surface area contributed by atoms with Gasteiger partial charge in [-0.2, -0.15) is 0 Å². The Hall–Kier alpha value is 0. The van der Waals surface area contributed by atoms with E-state index in [1.807, 2.05) is 0 Å². The Labute approximate surface area is 91.5 Å². The molecule has 0 heteroatoms. The van der Waals surface area contributed by atoms with Crippen LogP contribution in [0.5, 0.6) is 0 Å². The molecule has 14 heavy (non-hydrogen) atoms. The predicted molar refractivity (Wildman–Crippen MR) is 66.4 cm³/mol. The lowest BCUT2D eigenvalue weighted by Gasteiger charge is -2.32. The SMILES string of the molecule is CCC(C)C(C)C(CC(C)C)C(C)C. The molecule has 0 amide bonds. The van der Waals surface area contributed by atoms with Crippen LogP contribution in [0.25, 0.3) is 0 Å². The summed E-state index contributed by atoms with van der Waals surface area (Å²) >= 11 is 0. The van der Waals surface area contributed by atoms with E-state index < -0.39 is 0 Å². The Morgan fingerprint density at radius 2 is 1.36 bits per heavy atom. The molecule has 3 atom stereocenters. The van der Waals surface area contributed by atoms with Crippen molar-refractivity contribution in [2.24, 2.45) is 29.6 Å². The molecule has 0 fully saturated rings. The van der Waals surface area contributed by atoms with Crippen LogP contribution in [-0.4, -0.2) is 0 Å². The fourth-order valence-electron chi connectivity index (χ4n) is 2.43. The van der Waals surface area contributed by atoms with Crippen LogP contribution in [0.2, 0.25) is 0 Å². The molecule has 3 unspecified atom stereocenters. The Bertz CT molecular complexity index is 135. The standard InChI is InChI=1S/C14H30/c1-8-12(6)13(7)14(11(4)5)9-10(2)3/h10-14H,8-9H2,1-7H3. The highest BCUT2D eigenvalue weighted by atomic mass is 14.3. The summed E-state index contributed by atoms with van der Waals surface area (Å²) in [6.07, 6.45) is 2.71. The van der Waals surface area contributed by atoms with Crippen LogP contribution in [-0.2, 0) is 0 Å². The minimum Gasteiger partial charge on any atom is -0.0651 e. The molecule has 0 saturated carbocycles. The number of rotatable bonds is 6. The average Bonchev–Trinajstić information content (AvgIpc) is 2.11. The van der Waals surface area contributed by atoms with Gasteiger partial charge in [0, 0.05) is 0 Å². The highest BCUT2D eigenvalue weighted by Gasteiger charge is 2.24. The molecule has 0 aromatic carbocycles. The maximum atomic E-state index is 2.45. The summed E-state index contributed by atoms with van der Waals surface area (Å²) < 4.78 is 0. The zero-order chi connectivity index (χ0) is 11.3. The van der Waals surface area contributed by atoms with Crippen molar-refractivity contribution in [1.82, 2.24) is 0 Å². The summed E-state index contributed by atoms with van der Waals surface area (Å²) in [5.41, 5.74) is 0. The third kappa shape index (κ3) is 4.48. The topological polar surface area (TPSA) is 0 Å². The normalized spacial score (nSPS) is 18.6. The van der Waals surface area contributed by atoms with Gasteiger partial charge in [-0.15, -0.1) is 0 Å². The highest BCUT2D eigenvalue weighted by molar-refractivity contribution is 4.74. The second-order valence-corrected chi connectivity index (χ2v) is 5.78. The zero-order valence-electron chi connectivity index (χ0n) is 11.3. The van der Waals surface area contributed by atoms with Gasteiger partial charge in [0.05, 0.1) is 0 Å². The first kappa shape index (κ1) is 14.0. The molecule has 0 nitrogen and oxygen atoms in total. The van der Waals surface area contributed by atoms with Crippen LogP contribution in [0, 0.1) is 29.6 Å². The second-order valence-electron chi connectivity index (χ2n) is 5.78. The Morgan fingerprint density at radius 3 is 1.64 bits per heavy atom. The van der Waals surface area contributed by atoms with Crippen LogP contribution in [0.15, 0.2) is 0 Å². The molecule has 0 N–H and O–H groups in total. The summed E-state index contributed by atoms with van der Waals surface area (Å²) in [5.74, 6) is 4.34. The molecular weight excluding hydrogens is 168 g/mol. The molecule has 0 heterocycles. The summed E-state index contributed by atoms with van der Waals surface area (Å²) in [7, 11) is 0. The van der Waals surface area contributed by atoms with Gasteiger partial charge in [0.25, 0.3) is 0 Å². The average molecular weight is 198 g/mol. The molecule has 0 aliphatic carbocycles. The lowest BCUT2D eigenvalue weighted by molar-refractivity contribution is 0.171. The molecule has 0 saturated heterocycles. The maximum absolute atomic E-state index is 2.45. The van der Waals surface area contributed by atoms with Gasteiger partial charge in [0.2, 0.25) is 0 Å². The van der Waals surface area contributed by atoms with Crippen LogP contribution in [0.3, 0.4) is 0 Å². The monoisotopic (exact) mass is 198 g/mol. The predicted octanol–water partition coefficient (Wildman–Crippen LogP) is 4.99. The minimum atomic E-state index is 0.835. The van der Waals surface area contributed by atoms with Gasteiger partial charge in [-0.25, -0.2) is 0 Å². The van der Waals surface area contributed by atoms with Crippen LogP contribution >= 0.6 is 0 Å². The van der Waals surface area contributed by atoms with Crippen molar-refractivity contribution in [3.05, 3.63) is 0 Å². The quantitative estimate of drug-likeness (QED) is 0.564. The van der Waals surface area contributed by atoms with Crippen molar-refractivity contribution in [2.45, 2.75) is 61.3 Å². The van der Waals surface area contributed by atoms with Gasteiger partial charge < -0.3 is 0 Å². The lowest BCUT2D eigenvalue weighted by atomic mass is 9.73. The third-order valence-corrected chi connectivity index (χ3v) is 3.82. The number of hydrogen-bond donors (Lipinski definition) is 0. The van der Waals surface area contributed by atoms with Gasteiger partial charge in [0.1, 0.15) is 0 Å². The van der Waals surface area contributed by atoms with E-state index in [9.17, 15) is 0 Å². The maximum Gasteiger partial charge on any atom is -0.0360 e. The van der Waals surface area contributed by atoms with Crippen LogP contribution in [0.1, 0.15) is 61.3 Å². The van der Waals surface area contributed by atoms with E-state index in [1.54, 1.807) is 0 Å². The van der Waals surface area contributed by atoms with Crippen molar-refractivity contribution in [1.29, 1.82) is 0 Å². The molecule has 0 spiro atoms. The molecule has 0 aromatic rings. The first-order chi connectivity index (χ1) is 6.40. The molecule has 0 aromatic heterocycles. The highest BCUT2D eigenvalue weighted by Crippen LogP contribution is 2.33. The lowest BCUT2D eigenvalue weighted by Crippen LogP contribution is -2.24. The van der Waals surface area contributed by atoms with Crippen molar-refractivity contribution in [2.75, 3.05) is 0 Å². The van der Waals surface area contributed by atoms with E-state index in [1.165, 1.54) is 12.8 Å². The Balaban J connectivity index is 4.32. The molecule has 0 aliphatic rings. The summed E-state index contributed by atoms with van der Waals surface area (Å²) in [6, 6.07) is 0. The van der Waals surface area contributed by atoms with Gasteiger partial charge in [-0.05, 0) is 36.0 Å². The van der Waals surface area contributed by atoms with E-state index in [0.717, 1.165) is 29.6 Å². The molecule has 0 rings (SSSR count). The van der Waals surface area contributed by atoms with Crippen molar-refractivity contribution in [3.8, 4) is 0 Å². The zero-order valence-corrected chi connectivity index (χ0v) is 11.3. The van der Waals surface area contributed by atoms with E-state index in [0.29, 0.717) is 0 Å². The summed E-state index contributed by atoms with van der Waals surface area (Å²) in [4.78, 5) is 0. The van der Waals surface area contributed by atoms with Crippen molar-refractivity contribution >= 4 is 0 Å². The molecule has 0 radical (unpaired) electrons. The fraction of sp³-hybridized carbons (Fsp3) is 1.00. The molecule has 0 aliphatic heterocycles. The van der Waals surface area contributed by atoms with Gasteiger partial charge in [-0.3, -0.25) is 0 Å². The van der Waals surface area contributed by atoms with E-state index >= 15 is 0 Å². The third-order valence-electron chi connectivity index (χ3n) is 3.82. The van der Waals surface area contributed by atoms with Gasteiger partial charge >= 0.3 is 0 Å². The fourth-order valence-corrected chi connectivity index (χ4v) is 2.43. The Kier molecular flexibility index (Phi) is 6.48. The summed E-state index contributed by atoms with van der Waals surface area (Å²) in [6.45, 7) is 16.6. The van der Waals surface area contributed by atoms with Crippen molar-refractivity contribution < 1.29 is 0 Å². The van der Waals surface area contributed by atoms with Crippen LogP contribution in [0.4, 0.5) is 0 Å². The van der Waals surface area contributed by atoms with E-state index in [-0.39, 0.29) is 0 Å². The molecule has 86 valence electrons. The number of hydrogen-bond acceptors (Lipinski definition) is 0. The minimum absolute atomic E-state index is 0.835.